The van der Waals surface area contributed by atoms with E-state index in [0.717, 1.165) is 54.8 Å². The molecule has 0 radical (unpaired) electrons. The number of carbonyl (C=O) groups is 1. The van der Waals surface area contributed by atoms with Crippen LogP contribution in [0.4, 0.5) is 23.3 Å². The van der Waals surface area contributed by atoms with E-state index in [-0.39, 0.29) is 5.91 Å². The molecular weight excluding hydrogens is 392 g/mol. The van der Waals surface area contributed by atoms with Crippen LogP contribution in [0.25, 0.3) is 10.9 Å². The molecule has 4 N–H and O–H groups in total. The molecule has 3 heterocycles. The maximum atomic E-state index is 11.1. The smallest absolute Gasteiger partial charge is 0.222 e. The van der Waals surface area contributed by atoms with Gasteiger partial charge >= 0.3 is 0 Å². The minimum atomic E-state index is -0.132. The molecular formula is C22H28N8O. The molecule has 9 nitrogen and oxygen atoms in total. The van der Waals surface area contributed by atoms with Crippen molar-refractivity contribution < 1.29 is 4.79 Å². The van der Waals surface area contributed by atoms with Crippen LogP contribution in [-0.2, 0) is 4.79 Å². The van der Waals surface area contributed by atoms with Gasteiger partial charge in [0.2, 0.25) is 11.9 Å². The summed E-state index contributed by atoms with van der Waals surface area (Å²) in [4.78, 5) is 28.7. The number of anilines is 4. The molecule has 1 fully saturated rings. The first-order valence-electron chi connectivity index (χ1n) is 10.6. The van der Waals surface area contributed by atoms with Gasteiger partial charge in [-0.2, -0.15) is 0 Å². The molecule has 0 saturated heterocycles. The van der Waals surface area contributed by atoms with Crippen molar-refractivity contribution in [1.82, 2.24) is 19.9 Å². The lowest BCUT2D eigenvalue weighted by molar-refractivity contribution is -0.114. The molecule has 0 bridgehead atoms. The molecule has 0 aliphatic heterocycles. The number of fused-ring (bicyclic) bond motifs is 1. The lowest BCUT2D eigenvalue weighted by Gasteiger charge is -2.29. The number of hydrogen-bond acceptors (Lipinski definition) is 8. The highest BCUT2D eigenvalue weighted by molar-refractivity contribution is 5.89. The van der Waals surface area contributed by atoms with Crippen molar-refractivity contribution in [3.63, 3.8) is 0 Å². The fourth-order valence-electron chi connectivity index (χ4n) is 3.95. The zero-order valence-electron chi connectivity index (χ0n) is 17.9. The van der Waals surface area contributed by atoms with Crippen molar-refractivity contribution in [1.29, 1.82) is 0 Å². The van der Waals surface area contributed by atoms with Gasteiger partial charge < -0.3 is 21.3 Å². The summed E-state index contributed by atoms with van der Waals surface area (Å²) in [5, 5.41) is 13.8. The van der Waals surface area contributed by atoms with E-state index in [0.29, 0.717) is 23.6 Å². The summed E-state index contributed by atoms with van der Waals surface area (Å²) in [5.74, 6) is 2.73. The van der Waals surface area contributed by atoms with Crippen LogP contribution < -0.4 is 21.3 Å². The van der Waals surface area contributed by atoms with E-state index < -0.39 is 0 Å². The second-order valence-electron chi connectivity index (χ2n) is 7.90. The number of pyridine rings is 2. The number of rotatable bonds is 7. The van der Waals surface area contributed by atoms with Crippen LogP contribution in [0.1, 0.15) is 32.6 Å². The number of nitrogens with one attached hydrogen (secondary N) is 4. The Hall–Kier alpha value is -3.49. The Morgan fingerprint density at radius 1 is 1.06 bits per heavy atom. The van der Waals surface area contributed by atoms with Gasteiger partial charge in [0.05, 0.1) is 18.1 Å². The van der Waals surface area contributed by atoms with Crippen LogP contribution in [0.2, 0.25) is 0 Å². The number of carbonyl (C=O) groups excluding carboxylic acids is 1. The maximum Gasteiger partial charge on any atom is 0.222 e. The van der Waals surface area contributed by atoms with Crippen LogP contribution >= 0.6 is 0 Å². The lowest BCUT2D eigenvalue weighted by atomic mass is 9.86. The fourth-order valence-corrected chi connectivity index (χ4v) is 3.95. The second-order valence-corrected chi connectivity index (χ2v) is 7.90. The summed E-state index contributed by atoms with van der Waals surface area (Å²) in [5.41, 5.74) is 1.49. The zero-order valence-corrected chi connectivity index (χ0v) is 17.9. The van der Waals surface area contributed by atoms with E-state index in [9.17, 15) is 4.79 Å². The highest BCUT2D eigenvalue weighted by Gasteiger charge is 2.21. The van der Waals surface area contributed by atoms with E-state index in [1.54, 1.807) is 18.6 Å². The normalized spacial score (nSPS) is 18.4. The summed E-state index contributed by atoms with van der Waals surface area (Å²) in [7, 11) is 1.86. The molecule has 4 rings (SSSR count). The van der Waals surface area contributed by atoms with Crippen LogP contribution in [0.15, 0.2) is 36.8 Å². The SMILES string of the molecule is CNc1nccc2ccc(NC3CCC(CNc4ncc(NC(C)=O)cn4)CC3)nc12. The van der Waals surface area contributed by atoms with Gasteiger partial charge in [0.1, 0.15) is 11.3 Å². The summed E-state index contributed by atoms with van der Waals surface area (Å²) < 4.78 is 0. The molecule has 1 amide bonds. The minimum Gasteiger partial charge on any atom is -0.371 e. The molecule has 0 aromatic carbocycles. The van der Waals surface area contributed by atoms with Gasteiger partial charge in [0.25, 0.3) is 0 Å². The Balaban J connectivity index is 1.26. The van der Waals surface area contributed by atoms with Crippen molar-refractivity contribution in [3.05, 3.63) is 36.8 Å². The predicted molar refractivity (Wildman–Crippen MR) is 123 cm³/mol. The Bertz CT molecular complexity index is 1030. The first kappa shape index (κ1) is 20.8. The average molecular weight is 421 g/mol. The molecule has 31 heavy (non-hydrogen) atoms. The minimum absolute atomic E-state index is 0.132. The van der Waals surface area contributed by atoms with Crippen LogP contribution in [0.3, 0.4) is 0 Å². The first-order chi connectivity index (χ1) is 15.1. The van der Waals surface area contributed by atoms with Gasteiger partial charge in [-0.1, -0.05) is 0 Å². The number of nitrogens with zero attached hydrogens (tertiary/aromatic N) is 4. The highest BCUT2D eigenvalue weighted by Crippen LogP contribution is 2.27. The van der Waals surface area contributed by atoms with Crippen molar-refractivity contribution in [2.75, 3.05) is 34.9 Å². The molecule has 1 aliphatic carbocycles. The third-order valence-electron chi connectivity index (χ3n) is 5.57. The van der Waals surface area contributed by atoms with Crippen molar-refractivity contribution >= 4 is 40.1 Å². The number of amides is 1. The molecule has 162 valence electrons. The Labute approximate surface area is 181 Å². The third kappa shape index (κ3) is 5.36. The standard InChI is InChI=1S/C22H28N8O/c1-14(31)28-18-12-26-22(27-13-18)25-11-15-3-6-17(7-4-15)29-19-8-5-16-9-10-24-21(23-2)20(16)30-19/h5,8-10,12-13,15,17H,3-4,6-7,11H2,1-2H3,(H,23,24)(H,28,31)(H,29,30)(H,25,26,27). The largest absolute Gasteiger partial charge is 0.371 e. The zero-order chi connectivity index (χ0) is 21.6. The quantitative estimate of drug-likeness (QED) is 0.459. The molecule has 9 heteroatoms. The predicted octanol–water partition coefficient (Wildman–Crippen LogP) is 3.50. The highest BCUT2D eigenvalue weighted by atomic mass is 16.1. The molecule has 3 aromatic heterocycles. The van der Waals surface area contributed by atoms with Gasteiger partial charge in [-0.15, -0.1) is 0 Å². The number of aromatic nitrogens is 4. The van der Waals surface area contributed by atoms with Gasteiger partial charge in [0.15, 0.2) is 5.82 Å². The van der Waals surface area contributed by atoms with E-state index >= 15 is 0 Å². The maximum absolute atomic E-state index is 11.1. The molecule has 0 unspecified atom stereocenters. The fraction of sp³-hybridized carbons (Fsp3) is 0.409. The molecule has 1 saturated carbocycles. The lowest BCUT2D eigenvalue weighted by Crippen LogP contribution is -2.29. The summed E-state index contributed by atoms with van der Waals surface area (Å²) in [6.45, 7) is 2.31. The summed E-state index contributed by atoms with van der Waals surface area (Å²) in [6, 6.07) is 6.52. The number of hydrogen-bond donors (Lipinski definition) is 4. The van der Waals surface area contributed by atoms with Crippen molar-refractivity contribution in [2.45, 2.75) is 38.6 Å². The summed E-state index contributed by atoms with van der Waals surface area (Å²) in [6.07, 6.45) is 9.48. The van der Waals surface area contributed by atoms with Crippen molar-refractivity contribution in [2.24, 2.45) is 5.92 Å². The third-order valence-corrected chi connectivity index (χ3v) is 5.57. The van der Waals surface area contributed by atoms with Crippen molar-refractivity contribution in [3.8, 4) is 0 Å². The van der Waals surface area contributed by atoms with Gasteiger partial charge in [-0.3, -0.25) is 4.79 Å². The van der Waals surface area contributed by atoms with Gasteiger partial charge in [-0.25, -0.2) is 19.9 Å². The van der Waals surface area contributed by atoms with E-state index in [4.69, 9.17) is 4.98 Å². The molecule has 0 atom stereocenters. The van der Waals surface area contributed by atoms with Gasteiger partial charge in [-0.05, 0) is 49.8 Å². The molecule has 1 aliphatic rings. The molecule has 3 aromatic rings. The average Bonchev–Trinajstić information content (AvgIpc) is 2.79. The topological polar surface area (TPSA) is 117 Å². The second kappa shape index (κ2) is 9.55. The first-order valence-corrected chi connectivity index (χ1v) is 10.6. The van der Waals surface area contributed by atoms with E-state index in [2.05, 4.69) is 42.3 Å². The van der Waals surface area contributed by atoms with Crippen LogP contribution in [-0.4, -0.2) is 45.5 Å². The van der Waals surface area contributed by atoms with Gasteiger partial charge in [0, 0.05) is 38.1 Å². The Kier molecular flexibility index (Phi) is 6.40. The Morgan fingerprint density at radius 2 is 1.84 bits per heavy atom. The summed E-state index contributed by atoms with van der Waals surface area (Å²) >= 11 is 0. The Morgan fingerprint density at radius 3 is 2.55 bits per heavy atom. The van der Waals surface area contributed by atoms with E-state index in [1.165, 1.54) is 6.92 Å². The molecule has 0 spiro atoms. The van der Waals surface area contributed by atoms with Crippen LogP contribution in [0.5, 0.6) is 0 Å². The van der Waals surface area contributed by atoms with E-state index in [1.807, 2.05) is 19.2 Å². The monoisotopic (exact) mass is 420 g/mol. The van der Waals surface area contributed by atoms with Crippen LogP contribution in [0, 0.1) is 5.92 Å².